The first-order chi connectivity index (χ1) is 16.1. The largest absolute Gasteiger partial charge is 0.508 e. The number of anilines is 1. The van der Waals surface area contributed by atoms with E-state index in [-0.39, 0.29) is 38.4 Å². The van der Waals surface area contributed by atoms with Crippen LogP contribution in [-0.4, -0.2) is 29.0 Å². The van der Waals surface area contributed by atoms with Crippen LogP contribution in [0, 0.1) is 11.6 Å². The predicted molar refractivity (Wildman–Crippen MR) is 122 cm³/mol. The number of benzene rings is 3. The summed E-state index contributed by atoms with van der Waals surface area (Å²) in [4.78, 5) is 26.9. The van der Waals surface area contributed by atoms with Crippen LogP contribution in [0.3, 0.4) is 0 Å². The summed E-state index contributed by atoms with van der Waals surface area (Å²) in [5.74, 6) is -4.96. The highest BCUT2D eigenvalue weighted by Crippen LogP contribution is 2.44. The molecule has 1 amide bonds. The maximum absolute atomic E-state index is 14.7. The molecule has 1 aliphatic rings. The number of phenolic OH excluding ortho intramolecular Hbond substituents is 1. The molecule has 10 heteroatoms. The second kappa shape index (κ2) is 8.96. The van der Waals surface area contributed by atoms with Gasteiger partial charge in [0, 0.05) is 11.6 Å². The van der Waals surface area contributed by atoms with Gasteiger partial charge in [0.05, 0.1) is 34.5 Å². The third-order valence-electron chi connectivity index (χ3n) is 5.28. The minimum Gasteiger partial charge on any atom is -0.508 e. The van der Waals surface area contributed by atoms with Gasteiger partial charge in [0.1, 0.15) is 23.1 Å². The van der Waals surface area contributed by atoms with E-state index in [4.69, 9.17) is 27.9 Å². The molecule has 0 spiro atoms. The molecule has 0 aliphatic carbocycles. The number of Topliss-reactive ketones (excluding diaryl/α,β-unsaturated/α-hetero) is 1. The van der Waals surface area contributed by atoms with E-state index in [0.717, 1.165) is 17.0 Å². The first-order valence-corrected chi connectivity index (χ1v) is 10.5. The van der Waals surface area contributed by atoms with Gasteiger partial charge in [0.2, 0.25) is 0 Å². The predicted octanol–water partition coefficient (Wildman–Crippen LogP) is 5.61. The zero-order chi connectivity index (χ0) is 24.7. The average molecular weight is 506 g/mol. The second-order valence-corrected chi connectivity index (χ2v) is 8.15. The Morgan fingerprint density at radius 3 is 2.29 bits per heavy atom. The van der Waals surface area contributed by atoms with E-state index in [1.54, 1.807) is 0 Å². The van der Waals surface area contributed by atoms with Gasteiger partial charge in [-0.05, 0) is 42.0 Å². The van der Waals surface area contributed by atoms with Crippen molar-refractivity contribution in [3.8, 4) is 11.5 Å². The van der Waals surface area contributed by atoms with Crippen LogP contribution < -0.4 is 9.64 Å². The maximum Gasteiger partial charge on any atom is 0.300 e. The Hall–Kier alpha value is -3.62. The number of aliphatic hydroxyl groups excluding tert-OH is 1. The molecule has 2 N–H and O–H groups in total. The topological polar surface area (TPSA) is 87.1 Å². The molecule has 0 aromatic heterocycles. The quantitative estimate of drug-likeness (QED) is 0.273. The lowest BCUT2D eigenvalue weighted by Crippen LogP contribution is -2.30. The number of rotatable bonds is 4. The summed E-state index contributed by atoms with van der Waals surface area (Å²) in [7, 11) is 1.34. The fourth-order valence-corrected chi connectivity index (χ4v) is 4.46. The molecule has 1 saturated heterocycles. The molecule has 1 heterocycles. The third kappa shape index (κ3) is 3.95. The molecule has 0 bridgehead atoms. The highest BCUT2D eigenvalue weighted by Gasteiger charge is 2.48. The first-order valence-electron chi connectivity index (χ1n) is 9.72. The van der Waals surface area contributed by atoms with Crippen LogP contribution in [0.25, 0.3) is 5.76 Å². The number of ether oxygens (including phenoxy) is 1. The second-order valence-electron chi connectivity index (χ2n) is 7.33. The van der Waals surface area contributed by atoms with Gasteiger partial charge in [0.15, 0.2) is 5.75 Å². The van der Waals surface area contributed by atoms with Gasteiger partial charge in [-0.2, -0.15) is 0 Å². The molecule has 1 fully saturated rings. The van der Waals surface area contributed by atoms with Crippen molar-refractivity contribution in [3.05, 3.63) is 93.0 Å². The number of carbonyl (C=O) groups excluding carboxylic acids is 2. The van der Waals surface area contributed by atoms with E-state index < -0.39 is 40.7 Å². The van der Waals surface area contributed by atoms with Crippen molar-refractivity contribution in [2.45, 2.75) is 6.04 Å². The van der Waals surface area contributed by atoms with Gasteiger partial charge in [-0.1, -0.05) is 35.3 Å². The van der Waals surface area contributed by atoms with E-state index in [9.17, 15) is 28.6 Å². The molecule has 3 aromatic carbocycles. The zero-order valence-electron chi connectivity index (χ0n) is 17.4. The standard InChI is InChI=1S/C24H15Cl2F2NO5/c1-34-23-15(25)8-12(9-16(23)26)21(31)19-20(11-3-2-4-14(30)7-11)29(24(33)22(19)32)18-6-5-13(27)10-17(18)28/h2-10,20,30-31H,1H3/b21-19+. The molecule has 6 nitrogen and oxygen atoms in total. The minimum atomic E-state index is -1.35. The number of amides is 1. The van der Waals surface area contributed by atoms with Crippen molar-refractivity contribution < 1.29 is 33.3 Å². The number of methoxy groups -OCH3 is 1. The Morgan fingerprint density at radius 2 is 1.71 bits per heavy atom. The van der Waals surface area contributed by atoms with Crippen molar-refractivity contribution in [2.24, 2.45) is 0 Å². The third-order valence-corrected chi connectivity index (χ3v) is 5.84. The van der Waals surface area contributed by atoms with Gasteiger partial charge in [-0.3, -0.25) is 14.5 Å². The van der Waals surface area contributed by atoms with Crippen LogP contribution in [0.5, 0.6) is 11.5 Å². The highest BCUT2D eigenvalue weighted by atomic mass is 35.5. The van der Waals surface area contributed by atoms with Crippen LogP contribution in [0.4, 0.5) is 14.5 Å². The Labute approximate surface area is 202 Å². The Balaban J connectivity index is 1.99. The molecule has 1 unspecified atom stereocenters. The van der Waals surface area contributed by atoms with E-state index in [1.165, 1.54) is 43.5 Å². The van der Waals surface area contributed by atoms with Gasteiger partial charge in [-0.15, -0.1) is 0 Å². The van der Waals surface area contributed by atoms with Crippen molar-refractivity contribution in [3.63, 3.8) is 0 Å². The van der Waals surface area contributed by atoms with E-state index in [1.807, 2.05) is 0 Å². The zero-order valence-corrected chi connectivity index (χ0v) is 18.9. The molecule has 4 rings (SSSR count). The number of carbonyl (C=O) groups is 2. The molecule has 1 atom stereocenters. The van der Waals surface area contributed by atoms with Gasteiger partial charge in [0.25, 0.3) is 11.7 Å². The lowest BCUT2D eigenvalue weighted by Gasteiger charge is -2.26. The molecule has 174 valence electrons. The monoisotopic (exact) mass is 505 g/mol. The summed E-state index contributed by atoms with van der Waals surface area (Å²) in [6.07, 6.45) is 0. The molecule has 0 radical (unpaired) electrons. The van der Waals surface area contributed by atoms with Gasteiger partial charge in [-0.25, -0.2) is 8.78 Å². The van der Waals surface area contributed by atoms with Crippen molar-refractivity contribution in [1.29, 1.82) is 0 Å². The van der Waals surface area contributed by atoms with Crippen LogP contribution >= 0.6 is 23.2 Å². The van der Waals surface area contributed by atoms with E-state index >= 15 is 0 Å². The van der Waals surface area contributed by atoms with Crippen LogP contribution in [0.2, 0.25) is 10.0 Å². The lowest BCUT2D eigenvalue weighted by molar-refractivity contribution is -0.132. The molecule has 0 saturated carbocycles. The summed E-state index contributed by atoms with van der Waals surface area (Å²) in [5, 5.41) is 21.2. The average Bonchev–Trinajstić information content (AvgIpc) is 3.04. The number of hydrogen-bond donors (Lipinski definition) is 2. The van der Waals surface area contributed by atoms with Crippen molar-refractivity contribution in [2.75, 3.05) is 12.0 Å². The summed E-state index contributed by atoms with van der Waals surface area (Å²) < 4.78 is 33.3. The molecular formula is C24H15Cl2F2NO5. The van der Waals surface area contributed by atoms with E-state index in [2.05, 4.69) is 0 Å². The van der Waals surface area contributed by atoms with Crippen LogP contribution in [0.1, 0.15) is 17.2 Å². The number of aliphatic hydroxyl groups is 1. The van der Waals surface area contributed by atoms with Crippen LogP contribution in [0.15, 0.2) is 60.2 Å². The van der Waals surface area contributed by atoms with Crippen molar-refractivity contribution >= 4 is 46.3 Å². The summed E-state index contributed by atoms with van der Waals surface area (Å²) in [6, 6.07) is 9.26. The SMILES string of the molecule is COc1c(Cl)cc(/C(O)=C2\C(=O)C(=O)N(c3ccc(F)cc3F)C2c2cccc(O)c2)cc1Cl. The normalized spacial score (nSPS) is 17.3. The summed E-state index contributed by atoms with van der Waals surface area (Å²) >= 11 is 12.3. The first kappa shape index (κ1) is 23.5. The highest BCUT2D eigenvalue weighted by molar-refractivity contribution is 6.51. The number of ketones is 1. The fourth-order valence-electron chi connectivity index (χ4n) is 3.82. The number of hydrogen-bond acceptors (Lipinski definition) is 5. The Morgan fingerprint density at radius 1 is 1.03 bits per heavy atom. The van der Waals surface area contributed by atoms with Gasteiger partial charge >= 0.3 is 0 Å². The smallest absolute Gasteiger partial charge is 0.300 e. The maximum atomic E-state index is 14.7. The molecule has 3 aromatic rings. The van der Waals surface area contributed by atoms with E-state index in [0.29, 0.717) is 6.07 Å². The number of nitrogens with zero attached hydrogens (tertiary/aromatic N) is 1. The molecule has 34 heavy (non-hydrogen) atoms. The minimum absolute atomic E-state index is 0.00136. The molecular weight excluding hydrogens is 491 g/mol. The lowest BCUT2D eigenvalue weighted by atomic mass is 9.95. The van der Waals surface area contributed by atoms with Crippen molar-refractivity contribution in [1.82, 2.24) is 0 Å². The number of phenols is 1. The Kier molecular flexibility index (Phi) is 6.20. The van der Waals surface area contributed by atoms with Crippen LogP contribution in [-0.2, 0) is 9.59 Å². The Bertz CT molecular complexity index is 1350. The number of aromatic hydroxyl groups is 1. The summed E-state index contributed by atoms with van der Waals surface area (Å²) in [5.41, 5.74) is -0.605. The molecule has 1 aliphatic heterocycles. The number of halogens is 4. The van der Waals surface area contributed by atoms with Gasteiger partial charge < -0.3 is 14.9 Å². The fraction of sp³-hybridized carbons (Fsp3) is 0.0833. The summed E-state index contributed by atoms with van der Waals surface area (Å²) in [6.45, 7) is 0.